The van der Waals surface area contributed by atoms with Crippen LogP contribution in [0.15, 0.2) is 12.4 Å². The maximum Gasteiger partial charge on any atom is 0.225 e. The fourth-order valence-corrected chi connectivity index (χ4v) is 2.48. The Morgan fingerprint density at radius 1 is 1.65 bits per heavy atom. The molecule has 5 heteroatoms. The number of amides is 1. The van der Waals surface area contributed by atoms with E-state index >= 15 is 0 Å². The van der Waals surface area contributed by atoms with Crippen LogP contribution in [0.4, 0.5) is 0 Å². The highest BCUT2D eigenvalue weighted by molar-refractivity contribution is 5.78. The first kappa shape index (κ1) is 12.1. The van der Waals surface area contributed by atoms with E-state index in [9.17, 15) is 4.79 Å². The molecule has 1 aliphatic rings. The Labute approximate surface area is 101 Å². The average Bonchev–Trinajstić information content (AvgIpc) is 2.80. The molecule has 1 saturated carbocycles. The van der Waals surface area contributed by atoms with E-state index in [1.807, 2.05) is 13.2 Å². The van der Waals surface area contributed by atoms with E-state index in [-0.39, 0.29) is 17.9 Å². The normalized spacial score (nSPS) is 24.6. The van der Waals surface area contributed by atoms with E-state index in [0.29, 0.717) is 6.54 Å². The second-order valence-corrected chi connectivity index (χ2v) is 4.92. The van der Waals surface area contributed by atoms with Crippen LogP contribution in [0, 0.1) is 5.92 Å². The minimum absolute atomic E-state index is 0.107. The minimum atomic E-state index is 0.107. The van der Waals surface area contributed by atoms with Gasteiger partial charge in [-0.3, -0.25) is 9.89 Å². The van der Waals surface area contributed by atoms with Crippen molar-refractivity contribution in [3.05, 3.63) is 18.0 Å². The van der Waals surface area contributed by atoms with Gasteiger partial charge in [0.25, 0.3) is 0 Å². The maximum absolute atomic E-state index is 12.2. The van der Waals surface area contributed by atoms with Gasteiger partial charge in [0.15, 0.2) is 0 Å². The summed E-state index contributed by atoms with van der Waals surface area (Å²) in [7, 11) is 1.84. The van der Waals surface area contributed by atoms with Gasteiger partial charge in [-0.15, -0.1) is 0 Å². The smallest absolute Gasteiger partial charge is 0.225 e. The SMILES string of the molecule is CN(Cc1cn[nH]c1)C(=O)C1CCCC(N)C1. The van der Waals surface area contributed by atoms with Gasteiger partial charge in [-0.25, -0.2) is 0 Å². The number of hydrogen-bond donors (Lipinski definition) is 2. The standard InChI is InChI=1S/C12H20N4O/c1-16(8-9-6-14-15-7-9)12(17)10-3-2-4-11(13)5-10/h6-7,10-11H,2-5,8,13H2,1H3,(H,14,15). The van der Waals surface area contributed by atoms with Crippen LogP contribution < -0.4 is 5.73 Å². The number of nitrogens with one attached hydrogen (secondary N) is 1. The summed E-state index contributed by atoms with van der Waals surface area (Å²) in [5.41, 5.74) is 6.94. The molecule has 0 radical (unpaired) electrons. The number of nitrogens with zero attached hydrogens (tertiary/aromatic N) is 2. The zero-order valence-corrected chi connectivity index (χ0v) is 10.2. The number of hydrogen-bond acceptors (Lipinski definition) is 3. The molecular weight excluding hydrogens is 216 g/mol. The fourth-order valence-electron chi connectivity index (χ4n) is 2.48. The van der Waals surface area contributed by atoms with Gasteiger partial charge < -0.3 is 10.6 Å². The van der Waals surface area contributed by atoms with Crippen molar-refractivity contribution in [3.63, 3.8) is 0 Å². The van der Waals surface area contributed by atoms with Crippen LogP contribution in [-0.2, 0) is 11.3 Å². The van der Waals surface area contributed by atoms with E-state index in [1.54, 1.807) is 11.1 Å². The number of carbonyl (C=O) groups is 1. The first-order valence-electron chi connectivity index (χ1n) is 6.15. The van der Waals surface area contributed by atoms with Gasteiger partial charge >= 0.3 is 0 Å². The third kappa shape index (κ3) is 3.06. The molecule has 1 aliphatic carbocycles. The molecule has 1 amide bonds. The van der Waals surface area contributed by atoms with Gasteiger partial charge in [-0.2, -0.15) is 5.10 Å². The Morgan fingerprint density at radius 2 is 2.47 bits per heavy atom. The molecule has 0 saturated heterocycles. The number of aromatic nitrogens is 2. The van der Waals surface area contributed by atoms with Crippen LogP contribution in [0.3, 0.4) is 0 Å². The van der Waals surface area contributed by atoms with Crippen LogP contribution in [0.25, 0.3) is 0 Å². The Balaban J connectivity index is 1.90. The highest BCUT2D eigenvalue weighted by atomic mass is 16.2. The number of carbonyl (C=O) groups excluding carboxylic acids is 1. The van der Waals surface area contributed by atoms with Crippen molar-refractivity contribution in [2.75, 3.05) is 7.05 Å². The summed E-state index contributed by atoms with van der Waals surface area (Å²) in [5, 5.41) is 6.63. The molecule has 1 aromatic heterocycles. The Hall–Kier alpha value is -1.36. The first-order valence-corrected chi connectivity index (χ1v) is 6.15. The van der Waals surface area contributed by atoms with Gasteiger partial charge in [-0.05, 0) is 19.3 Å². The van der Waals surface area contributed by atoms with Crippen LogP contribution in [0.2, 0.25) is 0 Å². The summed E-state index contributed by atoms with van der Waals surface area (Å²) in [5.74, 6) is 0.317. The molecule has 1 heterocycles. The van der Waals surface area contributed by atoms with Gasteiger partial charge in [0.2, 0.25) is 5.91 Å². The van der Waals surface area contributed by atoms with E-state index in [4.69, 9.17) is 5.73 Å². The molecule has 2 atom stereocenters. The zero-order valence-electron chi connectivity index (χ0n) is 10.2. The summed E-state index contributed by atoms with van der Waals surface area (Å²) < 4.78 is 0. The zero-order chi connectivity index (χ0) is 12.3. The Kier molecular flexibility index (Phi) is 3.78. The molecule has 0 aliphatic heterocycles. The second kappa shape index (κ2) is 5.31. The monoisotopic (exact) mass is 236 g/mol. The van der Waals surface area contributed by atoms with Crippen LogP contribution in [0.1, 0.15) is 31.2 Å². The molecule has 2 unspecified atom stereocenters. The van der Waals surface area contributed by atoms with E-state index in [2.05, 4.69) is 10.2 Å². The summed E-state index contributed by atoms with van der Waals surface area (Å²) in [6.45, 7) is 0.612. The van der Waals surface area contributed by atoms with Crippen molar-refractivity contribution in [2.45, 2.75) is 38.3 Å². The summed E-state index contributed by atoms with van der Waals surface area (Å²) in [6, 6.07) is 0.194. The van der Waals surface area contributed by atoms with Crippen LogP contribution >= 0.6 is 0 Å². The number of aromatic amines is 1. The first-order chi connectivity index (χ1) is 8.16. The van der Waals surface area contributed by atoms with Crippen molar-refractivity contribution < 1.29 is 4.79 Å². The molecule has 2 rings (SSSR count). The van der Waals surface area contributed by atoms with Gasteiger partial charge in [0, 0.05) is 37.3 Å². The quantitative estimate of drug-likeness (QED) is 0.818. The lowest BCUT2D eigenvalue weighted by atomic mass is 9.85. The highest BCUT2D eigenvalue weighted by Gasteiger charge is 2.27. The predicted octanol–water partition coefficient (Wildman–Crippen LogP) is 0.886. The lowest BCUT2D eigenvalue weighted by Gasteiger charge is -2.29. The predicted molar refractivity (Wildman–Crippen MR) is 65.0 cm³/mol. The third-order valence-corrected chi connectivity index (χ3v) is 3.41. The highest BCUT2D eigenvalue weighted by Crippen LogP contribution is 2.25. The molecule has 17 heavy (non-hydrogen) atoms. The van der Waals surface area contributed by atoms with Crippen LogP contribution in [-0.4, -0.2) is 34.1 Å². The Bertz CT molecular complexity index is 363. The maximum atomic E-state index is 12.2. The molecule has 0 spiro atoms. The average molecular weight is 236 g/mol. The van der Waals surface area contributed by atoms with Crippen molar-refractivity contribution >= 4 is 5.91 Å². The van der Waals surface area contributed by atoms with Gasteiger partial charge in [0.05, 0.1) is 6.20 Å². The third-order valence-electron chi connectivity index (χ3n) is 3.41. The molecule has 0 bridgehead atoms. The van der Waals surface area contributed by atoms with Gasteiger partial charge in [-0.1, -0.05) is 6.42 Å². The lowest BCUT2D eigenvalue weighted by molar-refractivity contribution is -0.135. The molecule has 3 N–H and O–H groups in total. The van der Waals surface area contributed by atoms with Crippen molar-refractivity contribution in [1.29, 1.82) is 0 Å². The topological polar surface area (TPSA) is 75.0 Å². The van der Waals surface area contributed by atoms with Crippen molar-refractivity contribution in [2.24, 2.45) is 11.7 Å². The molecular formula is C12H20N4O. The molecule has 0 aromatic carbocycles. The second-order valence-electron chi connectivity index (χ2n) is 4.92. The lowest BCUT2D eigenvalue weighted by Crippen LogP contribution is -2.38. The van der Waals surface area contributed by atoms with Crippen molar-refractivity contribution in [3.8, 4) is 0 Å². The van der Waals surface area contributed by atoms with E-state index in [0.717, 1.165) is 31.2 Å². The fraction of sp³-hybridized carbons (Fsp3) is 0.667. The van der Waals surface area contributed by atoms with E-state index < -0.39 is 0 Å². The molecule has 1 fully saturated rings. The number of nitrogens with two attached hydrogens (primary N) is 1. The summed E-state index contributed by atoms with van der Waals surface area (Å²) >= 11 is 0. The summed E-state index contributed by atoms with van der Waals surface area (Å²) in [4.78, 5) is 14.0. The summed E-state index contributed by atoms with van der Waals surface area (Å²) in [6.07, 6.45) is 7.48. The Morgan fingerprint density at radius 3 is 3.12 bits per heavy atom. The minimum Gasteiger partial charge on any atom is -0.341 e. The van der Waals surface area contributed by atoms with E-state index in [1.165, 1.54) is 0 Å². The molecule has 5 nitrogen and oxygen atoms in total. The van der Waals surface area contributed by atoms with Crippen molar-refractivity contribution in [1.82, 2.24) is 15.1 Å². The molecule has 94 valence electrons. The molecule has 1 aromatic rings. The number of rotatable bonds is 3. The van der Waals surface area contributed by atoms with Crippen LogP contribution in [0.5, 0.6) is 0 Å². The van der Waals surface area contributed by atoms with Gasteiger partial charge in [0.1, 0.15) is 0 Å². The largest absolute Gasteiger partial charge is 0.341 e. The number of H-pyrrole nitrogens is 1.